The van der Waals surface area contributed by atoms with Crippen LogP contribution in [-0.2, 0) is 0 Å². The average molecular weight is 272 g/mol. The summed E-state index contributed by atoms with van der Waals surface area (Å²) in [6.45, 7) is 0.151. The van der Waals surface area contributed by atoms with Crippen LogP contribution in [0.4, 0.5) is 23.7 Å². The Kier molecular flexibility index (Phi) is 3.37. The fourth-order valence-electron chi connectivity index (χ4n) is 1.97. The number of nitrogens with two attached hydrogens (primary N) is 1. The number of carbonyl (C=O) groups is 1. The molecule has 19 heavy (non-hydrogen) atoms. The van der Waals surface area contributed by atoms with Gasteiger partial charge in [0.05, 0.1) is 5.56 Å². The first-order valence-electron chi connectivity index (χ1n) is 5.52. The molecule has 0 unspecified atom stereocenters. The zero-order chi connectivity index (χ0) is 14.2. The molecule has 0 spiro atoms. The predicted octanol–water partition coefficient (Wildman–Crippen LogP) is 2.45. The van der Waals surface area contributed by atoms with E-state index in [1.165, 1.54) is 6.08 Å². The number of benzene rings is 1. The van der Waals surface area contributed by atoms with E-state index in [2.05, 4.69) is 0 Å². The van der Waals surface area contributed by atoms with Crippen molar-refractivity contribution in [3.8, 4) is 0 Å². The summed E-state index contributed by atoms with van der Waals surface area (Å²) in [5, 5.41) is 8.76. The Labute approximate surface area is 106 Å². The smallest absolute Gasteiger partial charge is 0.407 e. The van der Waals surface area contributed by atoms with E-state index < -0.39 is 29.2 Å². The zero-order valence-electron chi connectivity index (χ0n) is 9.79. The van der Waals surface area contributed by atoms with Gasteiger partial charge in [0.1, 0.15) is 11.5 Å². The van der Waals surface area contributed by atoms with Crippen molar-refractivity contribution in [3.63, 3.8) is 0 Å². The number of anilines is 1. The summed E-state index contributed by atoms with van der Waals surface area (Å²) in [5.41, 5.74) is 4.35. The lowest BCUT2D eigenvalue weighted by Gasteiger charge is -2.24. The second kappa shape index (κ2) is 4.83. The van der Waals surface area contributed by atoms with Crippen LogP contribution in [0.25, 0.3) is 5.57 Å². The SMILES string of the molecule is Nc1c(F)cc(F)c(C2=CCN(C(=O)O)CC2)c1F. The van der Waals surface area contributed by atoms with Crippen molar-refractivity contribution in [1.82, 2.24) is 4.90 Å². The molecule has 0 bridgehead atoms. The molecular formula is C12H11F3N2O2. The Morgan fingerprint density at radius 1 is 1.32 bits per heavy atom. The number of hydrogen-bond donors (Lipinski definition) is 2. The average Bonchev–Trinajstić information content (AvgIpc) is 2.37. The molecule has 1 aliphatic rings. The molecule has 0 aliphatic carbocycles. The Bertz CT molecular complexity index is 573. The van der Waals surface area contributed by atoms with E-state index >= 15 is 0 Å². The van der Waals surface area contributed by atoms with Crippen molar-refractivity contribution >= 4 is 17.4 Å². The molecule has 0 aromatic heterocycles. The third-order valence-electron chi connectivity index (χ3n) is 3.01. The van der Waals surface area contributed by atoms with Crippen LogP contribution in [0.5, 0.6) is 0 Å². The highest BCUT2D eigenvalue weighted by molar-refractivity contribution is 5.73. The van der Waals surface area contributed by atoms with Crippen LogP contribution in [0.2, 0.25) is 0 Å². The topological polar surface area (TPSA) is 66.6 Å². The monoisotopic (exact) mass is 272 g/mol. The van der Waals surface area contributed by atoms with Gasteiger partial charge >= 0.3 is 6.09 Å². The van der Waals surface area contributed by atoms with Crippen LogP contribution in [0, 0.1) is 17.5 Å². The van der Waals surface area contributed by atoms with E-state index in [0.717, 1.165) is 4.90 Å². The van der Waals surface area contributed by atoms with Gasteiger partial charge in [0.25, 0.3) is 0 Å². The summed E-state index contributed by atoms with van der Waals surface area (Å²) >= 11 is 0. The van der Waals surface area contributed by atoms with Gasteiger partial charge in [-0.1, -0.05) is 6.08 Å². The Balaban J connectivity index is 2.39. The number of rotatable bonds is 1. The summed E-state index contributed by atoms with van der Waals surface area (Å²) in [4.78, 5) is 11.8. The van der Waals surface area contributed by atoms with Crippen molar-refractivity contribution in [2.45, 2.75) is 6.42 Å². The van der Waals surface area contributed by atoms with Gasteiger partial charge < -0.3 is 15.7 Å². The van der Waals surface area contributed by atoms with Gasteiger partial charge in [-0.15, -0.1) is 0 Å². The normalized spacial score (nSPS) is 15.3. The molecule has 1 heterocycles. The Morgan fingerprint density at radius 2 is 2.00 bits per heavy atom. The number of hydrogen-bond acceptors (Lipinski definition) is 2. The third-order valence-corrected chi connectivity index (χ3v) is 3.01. The molecule has 0 atom stereocenters. The van der Waals surface area contributed by atoms with Crippen LogP contribution < -0.4 is 5.73 Å². The zero-order valence-corrected chi connectivity index (χ0v) is 9.79. The maximum absolute atomic E-state index is 13.8. The van der Waals surface area contributed by atoms with Crippen LogP contribution in [0.3, 0.4) is 0 Å². The molecule has 2 rings (SSSR count). The number of carboxylic acid groups (broad SMARTS) is 1. The van der Waals surface area contributed by atoms with Crippen molar-refractivity contribution in [2.24, 2.45) is 0 Å². The Morgan fingerprint density at radius 3 is 2.53 bits per heavy atom. The number of halogens is 3. The minimum absolute atomic E-state index is 0.0286. The van der Waals surface area contributed by atoms with Crippen molar-refractivity contribution in [3.05, 3.63) is 35.2 Å². The van der Waals surface area contributed by atoms with Crippen LogP contribution >= 0.6 is 0 Å². The van der Waals surface area contributed by atoms with Gasteiger partial charge in [-0.3, -0.25) is 0 Å². The first-order valence-corrected chi connectivity index (χ1v) is 5.52. The molecule has 7 heteroatoms. The van der Waals surface area contributed by atoms with Gasteiger partial charge in [0.2, 0.25) is 0 Å². The molecule has 4 nitrogen and oxygen atoms in total. The van der Waals surface area contributed by atoms with Gasteiger partial charge in [0, 0.05) is 19.2 Å². The van der Waals surface area contributed by atoms with E-state index in [1.54, 1.807) is 0 Å². The van der Waals surface area contributed by atoms with E-state index in [4.69, 9.17) is 10.8 Å². The second-order valence-electron chi connectivity index (χ2n) is 4.15. The highest BCUT2D eigenvalue weighted by Crippen LogP contribution is 2.31. The molecule has 0 saturated heterocycles. The molecule has 1 aromatic rings. The molecule has 0 saturated carbocycles. The van der Waals surface area contributed by atoms with E-state index in [9.17, 15) is 18.0 Å². The largest absolute Gasteiger partial charge is 0.465 e. The molecule has 1 aliphatic heterocycles. The van der Waals surface area contributed by atoms with Crippen LogP contribution in [0.1, 0.15) is 12.0 Å². The van der Waals surface area contributed by atoms with Crippen LogP contribution in [0.15, 0.2) is 12.1 Å². The van der Waals surface area contributed by atoms with E-state index in [0.29, 0.717) is 11.6 Å². The number of nitrogen functional groups attached to an aromatic ring is 1. The molecule has 1 amide bonds. The standard InChI is InChI=1S/C12H11F3N2O2/c13-7-5-8(14)11(16)10(15)9(7)6-1-3-17(4-2-6)12(18)19/h1,5H,2-4,16H2,(H,18,19). The van der Waals surface area contributed by atoms with Crippen molar-refractivity contribution < 1.29 is 23.1 Å². The lowest BCUT2D eigenvalue weighted by molar-refractivity contribution is 0.150. The van der Waals surface area contributed by atoms with Crippen LogP contribution in [-0.4, -0.2) is 29.2 Å². The third kappa shape index (κ3) is 2.35. The maximum Gasteiger partial charge on any atom is 0.407 e. The van der Waals surface area contributed by atoms with Gasteiger partial charge in [-0.2, -0.15) is 0 Å². The summed E-state index contributed by atoms with van der Waals surface area (Å²) < 4.78 is 40.5. The molecule has 1 aromatic carbocycles. The first kappa shape index (κ1) is 13.3. The van der Waals surface area contributed by atoms with Crippen molar-refractivity contribution in [2.75, 3.05) is 18.8 Å². The minimum atomic E-state index is -1.15. The van der Waals surface area contributed by atoms with E-state index in [1.807, 2.05) is 0 Å². The summed E-state index contributed by atoms with van der Waals surface area (Å²) in [5.74, 6) is -3.34. The number of amides is 1. The summed E-state index contributed by atoms with van der Waals surface area (Å²) in [6, 6.07) is 0.526. The van der Waals surface area contributed by atoms with Gasteiger partial charge in [0.15, 0.2) is 11.6 Å². The quantitative estimate of drug-likeness (QED) is 0.772. The highest BCUT2D eigenvalue weighted by Gasteiger charge is 2.23. The Hall–Kier alpha value is -2.18. The van der Waals surface area contributed by atoms with Gasteiger partial charge in [-0.25, -0.2) is 18.0 Å². The van der Waals surface area contributed by atoms with Crippen molar-refractivity contribution in [1.29, 1.82) is 0 Å². The summed E-state index contributed by atoms with van der Waals surface area (Å²) in [7, 11) is 0. The molecule has 3 N–H and O–H groups in total. The fraction of sp³-hybridized carbons (Fsp3) is 0.250. The van der Waals surface area contributed by atoms with E-state index in [-0.39, 0.29) is 25.1 Å². The second-order valence-corrected chi connectivity index (χ2v) is 4.15. The lowest BCUT2D eigenvalue weighted by Crippen LogP contribution is -2.33. The fourth-order valence-corrected chi connectivity index (χ4v) is 1.97. The summed E-state index contributed by atoms with van der Waals surface area (Å²) in [6.07, 6.45) is 0.441. The van der Waals surface area contributed by atoms with Gasteiger partial charge in [-0.05, 0) is 12.0 Å². The molecule has 102 valence electrons. The predicted molar refractivity (Wildman–Crippen MR) is 62.9 cm³/mol. The molecule has 0 radical (unpaired) electrons. The first-order chi connectivity index (χ1) is 8.91. The molecule has 0 fully saturated rings. The highest BCUT2D eigenvalue weighted by atomic mass is 19.1. The maximum atomic E-state index is 13.8. The lowest BCUT2D eigenvalue weighted by atomic mass is 9.97. The number of nitrogens with zero attached hydrogens (tertiary/aromatic N) is 1. The minimum Gasteiger partial charge on any atom is -0.465 e. The molecular weight excluding hydrogens is 261 g/mol.